The van der Waals surface area contributed by atoms with Crippen molar-refractivity contribution in [2.75, 3.05) is 26.2 Å². The molecule has 3 rings (SSSR count). The molecule has 1 saturated heterocycles. The van der Waals surface area contributed by atoms with Gasteiger partial charge in [0.2, 0.25) is 11.8 Å². The van der Waals surface area contributed by atoms with Gasteiger partial charge in [-0.1, -0.05) is 19.3 Å². The van der Waals surface area contributed by atoms with E-state index in [4.69, 9.17) is 0 Å². The summed E-state index contributed by atoms with van der Waals surface area (Å²) in [6.45, 7) is 6.68. The van der Waals surface area contributed by atoms with Crippen LogP contribution in [0, 0.1) is 0 Å². The summed E-state index contributed by atoms with van der Waals surface area (Å²) in [6, 6.07) is -0.334. The van der Waals surface area contributed by atoms with Crippen molar-refractivity contribution in [2.45, 2.75) is 83.0 Å². The van der Waals surface area contributed by atoms with Crippen LogP contribution in [0.25, 0.3) is 0 Å². The van der Waals surface area contributed by atoms with Crippen molar-refractivity contribution >= 4 is 17.8 Å². The second-order valence-electron chi connectivity index (χ2n) is 8.50. The van der Waals surface area contributed by atoms with E-state index in [1.807, 2.05) is 13.8 Å². The number of piperazine rings is 1. The fourth-order valence-electron chi connectivity index (χ4n) is 4.08. The summed E-state index contributed by atoms with van der Waals surface area (Å²) in [5.74, 6) is -0.164. The molecular weight excluding hydrogens is 358 g/mol. The summed E-state index contributed by atoms with van der Waals surface area (Å²) in [5, 5.41) is 8.47. The third-order valence-corrected chi connectivity index (χ3v) is 6.30. The Balaban J connectivity index is 1.38. The molecule has 2 unspecified atom stereocenters. The van der Waals surface area contributed by atoms with Gasteiger partial charge in [0.1, 0.15) is 0 Å². The van der Waals surface area contributed by atoms with Crippen molar-refractivity contribution in [1.82, 2.24) is 25.8 Å². The summed E-state index contributed by atoms with van der Waals surface area (Å²) in [7, 11) is 0. The second-order valence-corrected chi connectivity index (χ2v) is 8.50. The molecule has 158 valence electrons. The van der Waals surface area contributed by atoms with Gasteiger partial charge in [-0.15, -0.1) is 0 Å². The average Bonchev–Trinajstić information content (AvgIpc) is 3.51. The molecule has 0 aromatic rings. The Morgan fingerprint density at radius 3 is 1.75 bits per heavy atom. The molecule has 8 nitrogen and oxygen atoms in total. The molecule has 4 amide bonds. The van der Waals surface area contributed by atoms with Crippen molar-refractivity contribution in [3.05, 3.63) is 0 Å². The Hall–Kier alpha value is -1.67. The van der Waals surface area contributed by atoms with E-state index in [1.54, 1.807) is 0 Å². The van der Waals surface area contributed by atoms with Gasteiger partial charge in [0.15, 0.2) is 0 Å². The maximum absolute atomic E-state index is 12.5. The molecule has 2 saturated carbocycles. The molecule has 28 heavy (non-hydrogen) atoms. The first kappa shape index (κ1) is 21.0. The molecule has 0 aromatic carbocycles. The molecule has 3 fully saturated rings. The number of nitrogens with one attached hydrogen (secondary N) is 3. The summed E-state index contributed by atoms with van der Waals surface area (Å²) in [5.41, 5.74) is 0. The van der Waals surface area contributed by atoms with Crippen LogP contribution < -0.4 is 16.0 Å². The monoisotopic (exact) mass is 393 g/mol. The predicted octanol–water partition coefficient (Wildman–Crippen LogP) is 0.818. The number of hydrogen-bond acceptors (Lipinski definition) is 5. The highest BCUT2D eigenvalue weighted by molar-refractivity contribution is 5.96. The van der Waals surface area contributed by atoms with Gasteiger partial charge in [0.05, 0.1) is 12.1 Å². The smallest absolute Gasteiger partial charge is 0.321 e. The molecule has 2 aliphatic carbocycles. The van der Waals surface area contributed by atoms with E-state index >= 15 is 0 Å². The first-order valence-corrected chi connectivity index (χ1v) is 10.8. The van der Waals surface area contributed by atoms with E-state index in [-0.39, 0.29) is 36.0 Å². The zero-order valence-corrected chi connectivity index (χ0v) is 17.2. The second kappa shape index (κ2) is 9.69. The molecule has 0 radical (unpaired) electrons. The van der Waals surface area contributed by atoms with Crippen LogP contribution in [0.3, 0.4) is 0 Å². The van der Waals surface area contributed by atoms with Gasteiger partial charge in [-0.05, 0) is 39.5 Å². The van der Waals surface area contributed by atoms with Gasteiger partial charge >= 0.3 is 6.03 Å². The van der Waals surface area contributed by atoms with Crippen LogP contribution in [0.5, 0.6) is 0 Å². The number of imide groups is 1. The maximum atomic E-state index is 12.5. The minimum Gasteiger partial charge on any atom is -0.352 e. The van der Waals surface area contributed by atoms with E-state index in [9.17, 15) is 14.4 Å². The van der Waals surface area contributed by atoms with Gasteiger partial charge in [0.25, 0.3) is 0 Å². The van der Waals surface area contributed by atoms with Crippen LogP contribution >= 0.6 is 0 Å². The van der Waals surface area contributed by atoms with Crippen molar-refractivity contribution in [3.8, 4) is 0 Å². The maximum Gasteiger partial charge on any atom is 0.321 e. The Morgan fingerprint density at radius 1 is 0.714 bits per heavy atom. The normalized spacial score (nSPS) is 24.2. The molecule has 0 aromatic heterocycles. The summed E-state index contributed by atoms with van der Waals surface area (Å²) < 4.78 is 0. The van der Waals surface area contributed by atoms with E-state index < -0.39 is 0 Å². The van der Waals surface area contributed by atoms with E-state index in [2.05, 4.69) is 25.8 Å². The number of carbonyl (C=O) groups is 3. The predicted molar refractivity (Wildman–Crippen MR) is 107 cm³/mol. The standard InChI is InChI=1S/C20H35N5O3/c1-14(18(26)21-17-8-9-17)24-10-12-25(13-11-24)15(2)19(27)23-20(28)22-16-6-4-3-5-7-16/h14-17H,3-13H2,1-2H3,(H,21,26)(H2,22,23,27,28). The van der Waals surface area contributed by atoms with E-state index in [1.165, 1.54) is 6.42 Å². The highest BCUT2D eigenvalue weighted by Crippen LogP contribution is 2.19. The molecule has 0 bridgehead atoms. The van der Waals surface area contributed by atoms with E-state index in [0.29, 0.717) is 19.1 Å². The number of urea groups is 1. The van der Waals surface area contributed by atoms with Crippen LogP contribution in [0.2, 0.25) is 0 Å². The molecule has 1 aliphatic heterocycles. The lowest BCUT2D eigenvalue weighted by Gasteiger charge is -2.39. The molecule has 3 N–H and O–H groups in total. The summed E-state index contributed by atoms with van der Waals surface area (Å²) >= 11 is 0. The lowest BCUT2D eigenvalue weighted by Crippen LogP contribution is -2.58. The highest BCUT2D eigenvalue weighted by Gasteiger charge is 2.32. The van der Waals surface area contributed by atoms with Gasteiger partial charge < -0.3 is 10.6 Å². The number of carbonyl (C=O) groups excluding carboxylic acids is 3. The van der Waals surface area contributed by atoms with Crippen LogP contribution in [-0.4, -0.2) is 78.0 Å². The molecule has 0 spiro atoms. The summed E-state index contributed by atoms with van der Waals surface area (Å²) in [6.07, 6.45) is 7.66. The first-order valence-electron chi connectivity index (χ1n) is 10.8. The van der Waals surface area contributed by atoms with Crippen molar-refractivity contribution < 1.29 is 14.4 Å². The van der Waals surface area contributed by atoms with Crippen LogP contribution in [-0.2, 0) is 9.59 Å². The van der Waals surface area contributed by atoms with E-state index in [0.717, 1.165) is 51.6 Å². The molecule has 2 atom stereocenters. The number of nitrogens with zero attached hydrogens (tertiary/aromatic N) is 2. The van der Waals surface area contributed by atoms with Gasteiger partial charge in [-0.25, -0.2) is 4.79 Å². The third-order valence-electron chi connectivity index (χ3n) is 6.30. The van der Waals surface area contributed by atoms with Crippen molar-refractivity contribution in [1.29, 1.82) is 0 Å². The van der Waals surface area contributed by atoms with Gasteiger partial charge in [-0.3, -0.25) is 24.7 Å². The molecule has 8 heteroatoms. The lowest BCUT2D eigenvalue weighted by atomic mass is 9.96. The lowest BCUT2D eigenvalue weighted by molar-refractivity contribution is -0.129. The van der Waals surface area contributed by atoms with Gasteiger partial charge in [-0.2, -0.15) is 0 Å². The molecule has 1 heterocycles. The van der Waals surface area contributed by atoms with Crippen molar-refractivity contribution in [3.63, 3.8) is 0 Å². The number of hydrogen-bond donors (Lipinski definition) is 3. The zero-order valence-electron chi connectivity index (χ0n) is 17.2. The third kappa shape index (κ3) is 5.91. The molecule has 3 aliphatic rings. The number of amides is 4. The quantitative estimate of drug-likeness (QED) is 0.621. The fourth-order valence-corrected chi connectivity index (χ4v) is 4.08. The number of rotatable bonds is 6. The minimum atomic E-state index is -0.382. The van der Waals surface area contributed by atoms with Crippen LogP contribution in [0.1, 0.15) is 58.8 Å². The highest BCUT2D eigenvalue weighted by atomic mass is 16.2. The first-order chi connectivity index (χ1) is 13.4. The van der Waals surface area contributed by atoms with Crippen molar-refractivity contribution in [2.24, 2.45) is 0 Å². The van der Waals surface area contributed by atoms with Crippen LogP contribution in [0.4, 0.5) is 4.79 Å². The Bertz CT molecular complexity index is 566. The van der Waals surface area contributed by atoms with Crippen LogP contribution in [0.15, 0.2) is 0 Å². The zero-order chi connectivity index (χ0) is 20.1. The largest absolute Gasteiger partial charge is 0.352 e. The van der Waals surface area contributed by atoms with Gasteiger partial charge in [0, 0.05) is 38.3 Å². The topological polar surface area (TPSA) is 93.8 Å². The average molecular weight is 394 g/mol. The fraction of sp³-hybridized carbons (Fsp3) is 0.850. The SMILES string of the molecule is CC(C(=O)NC(=O)NC1CCCCC1)N1CCN(C(C)C(=O)NC2CC2)CC1. The molecular formula is C20H35N5O3. The Labute approximate surface area is 167 Å². The minimum absolute atomic E-state index is 0.0983. The Morgan fingerprint density at radius 2 is 1.21 bits per heavy atom. The summed E-state index contributed by atoms with van der Waals surface area (Å²) in [4.78, 5) is 41.0. The Kier molecular flexibility index (Phi) is 7.29.